The van der Waals surface area contributed by atoms with Crippen molar-refractivity contribution in [3.63, 3.8) is 0 Å². The van der Waals surface area contributed by atoms with Crippen LogP contribution >= 0.6 is 0 Å². The number of sulfonamides is 1. The summed E-state index contributed by atoms with van der Waals surface area (Å²) in [5, 5.41) is 2.98. The molecule has 41 heavy (non-hydrogen) atoms. The Morgan fingerprint density at radius 3 is 2.17 bits per heavy atom. The van der Waals surface area contributed by atoms with Gasteiger partial charge in [0.05, 0.1) is 18.6 Å². The van der Waals surface area contributed by atoms with E-state index in [4.69, 9.17) is 4.74 Å². The van der Waals surface area contributed by atoms with E-state index in [1.54, 1.807) is 43.3 Å². The van der Waals surface area contributed by atoms with Crippen molar-refractivity contribution in [2.24, 2.45) is 0 Å². The van der Waals surface area contributed by atoms with Crippen LogP contribution in [0.1, 0.15) is 38.3 Å². The molecule has 0 saturated heterocycles. The number of hydrogen-bond acceptors (Lipinski definition) is 5. The van der Waals surface area contributed by atoms with Crippen molar-refractivity contribution in [2.45, 2.75) is 52.2 Å². The van der Waals surface area contributed by atoms with Gasteiger partial charge in [-0.1, -0.05) is 61.5 Å². The fraction of sp³-hybridized carbons (Fsp3) is 0.355. The zero-order chi connectivity index (χ0) is 30.0. The van der Waals surface area contributed by atoms with Crippen molar-refractivity contribution in [2.75, 3.05) is 23.7 Å². The van der Waals surface area contributed by atoms with Crippen LogP contribution in [0.5, 0.6) is 5.75 Å². The van der Waals surface area contributed by atoms with Gasteiger partial charge in [-0.05, 0) is 55.7 Å². The Morgan fingerprint density at radius 2 is 1.56 bits per heavy atom. The van der Waals surface area contributed by atoms with Crippen LogP contribution in [0, 0.1) is 5.82 Å². The molecule has 0 fully saturated rings. The number of hydrogen-bond donors (Lipinski definition) is 1. The first-order chi connectivity index (χ1) is 19.5. The molecule has 220 valence electrons. The van der Waals surface area contributed by atoms with Gasteiger partial charge in [-0.15, -0.1) is 0 Å². The molecule has 3 aromatic carbocycles. The average Bonchev–Trinajstić information content (AvgIpc) is 2.95. The summed E-state index contributed by atoms with van der Waals surface area (Å²) in [6.45, 7) is 5.30. The van der Waals surface area contributed by atoms with Crippen molar-refractivity contribution >= 4 is 27.5 Å². The van der Waals surface area contributed by atoms with Crippen LogP contribution in [-0.4, -0.2) is 56.6 Å². The maximum absolute atomic E-state index is 14.1. The van der Waals surface area contributed by atoms with Crippen LogP contribution < -0.4 is 14.4 Å². The predicted octanol–water partition coefficient (Wildman–Crippen LogP) is 4.55. The molecule has 0 saturated carbocycles. The van der Waals surface area contributed by atoms with Crippen molar-refractivity contribution in [1.82, 2.24) is 10.2 Å². The van der Waals surface area contributed by atoms with Gasteiger partial charge in [0.15, 0.2) is 0 Å². The van der Waals surface area contributed by atoms with Gasteiger partial charge in [-0.3, -0.25) is 13.9 Å². The number of carbonyl (C=O) groups is 2. The number of amides is 2. The van der Waals surface area contributed by atoms with Crippen molar-refractivity contribution in [3.05, 3.63) is 95.8 Å². The molecule has 0 bridgehead atoms. The van der Waals surface area contributed by atoms with Crippen molar-refractivity contribution in [1.29, 1.82) is 0 Å². The molecule has 0 aromatic heterocycles. The van der Waals surface area contributed by atoms with Gasteiger partial charge < -0.3 is 15.0 Å². The summed E-state index contributed by atoms with van der Waals surface area (Å²) in [7, 11) is -3.94. The lowest BCUT2D eigenvalue weighted by Gasteiger charge is -2.34. The van der Waals surface area contributed by atoms with E-state index < -0.39 is 34.3 Å². The third-order valence-corrected chi connectivity index (χ3v) is 7.78. The maximum Gasteiger partial charge on any atom is 0.244 e. The molecule has 10 heteroatoms. The molecule has 3 aromatic rings. The fourth-order valence-corrected chi connectivity index (χ4v) is 5.17. The normalized spacial score (nSPS) is 12.7. The third-order valence-electron chi connectivity index (χ3n) is 6.65. The highest BCUT2D eigenvalue weighted by molar-refractivity contribution is 7.92. The second kappa shape index (κ2) is 14.6. The van der Waals surface area contributed by atoms with Crippen LogP contribution in [0.2, 0.25) is 0 Å². The molecule has 0 spiro atoms. The molecule has 2 amide bonds. The van der Waals surface area contributed by atoms with Gasteiger partial charge in [0.2, 0.25) is 21.8 Å². The maximum atomic E-state index is 14.1. The summed E-state index contributed by atoms with van der Waals surface area (Å²) in [6, 6.07) is 20.4. The number of nitrogens with zero attached hydrogens (tertiary/aromatic N) is 2. The van der Waals surface area contributed by atoms with E-state index in [1.807, 2.05) is 44.2 Å². The van der Waals surface area contributed by atoms with E-state index in [-0.39, 0.29) is 30.6 Å². The highest BCUT2D eigenvalue weighted by Crippen LogP contribution is 2.30. The number of benzene rings is 3. The molecule has 0 aliphatic rings. The van der Waals surface area contributed by atoms with E-state index >= 15 is 0 Å². The molecule has 1 N–H and O–H groups in total. The Morgan fingerprint density at radius 1 is 0.927 bits per heavy atom. The van der Waals surface area contributed by atoms with Gasteiger partial charge in [0.25, 0.3) is 0 Å². The zero-order valence-electron chi connectivity index (χ0n) is 23.9. The first-order valence-electron chi connectivity index (χ1n) is 13.6. The highest BCUT2D eigenvalue weighted by Gasteiger charge is 2.34. The Bertz CT molecular complexity index is 1400. The van der Waals surface area contributed by atoms with E-state index in [0.717, 1.165) is 16.1 Å². The number of rotatable bonds is 14. The van der Waals surface area contributed by atoms with Crippen molar-refractivity contribution in [3.8, 4) is 5.75 Å². The molecular weight excluding hydrogens is 545 g/mol. The Hall–Kier alpha value is -3.92. The molecular formula is C31H38FN3O5S. The minimum atomic E-state index is -3.94. The van der Waals surface area contributed by atoms with Crippen LogP contribution in [0.4, 0.5) is 10.1 Å². The van der Waals surface area contributed by atoms with E-state index in [9.17, 15) is 22.4 Å². The van der Waals surface area contributed by atoms with E-state index in [1.165, 1.54) is 17.0 Å². The number of halogens is 1. The summed E-state index contributed by atoms with van der Waals surface area (Å²) in [5.74, 6) is -1.07. The number of para-hydroxylation sites is 2. The third kappa shape index (κ3) is 9.04. The van der Waals surface area contributed by atoms with E-state index in [2.05, 4.69) is 5.32 Å². The molecule has 0 aliphatic heterocycles. The molecule has 2 atom stereocenters. The topological polar surface area (TPSA) is 96.0 Å². The zero-order valence-corrected chi connectivity index (χ0v) is 24.7. The van der Waals surface area contributed by atoms with Gasteiger partial charge in [-0.2, -0.15) is 0 Å². The fourth-order valence-electron chi connectivity index (χ4n) is 4.32. The number of ether oxygens (including phenoxy) is 1. The van der Waals surface area contributed by atoms with E-state index in [0.29, 0.717) is 24.3 Å². The predicted molar refractivity (Wildman–Crippen MR) is 159 cm³/mol. The summed E-state index contributed by atoms with van der Waals surface area (Å²) in [5.41, 5.74) is 1.64. The average molecular weight is 584 g/mol. The first kappa shape index (κ1) is 31.6. The molecule has 0 heterocycles. The lowest BCUT2D eigenvalue weighted by atomic mass is 10.0. The van der Waals surface area contributed by atoms with Crippen molar-refractivity contribution < 1.29 is 27.1 Å². The lowest BCUT2D eigenvalue weighted by Crippen LogP contribution is -2.54. The molecule has 0 unspecified atom stereocenters. The van der Waals surface area contributed by atoms with Gasteiger partial charge in [0.1, 0.15) is 24.2 Å². The molecule has 3 rings (SSSR count). The molecule has 0 aliphatic carbocycles. The first-order valence-corrected chi connectivity index (χ1v) is 15.5. The second-order valence-electron chi connectivity index (χ2n) is 9.84. The summed E-state index contributed by atoms with van der Waals surface area (Å²) in [6.07, 6.45) is 1.90. The Kier molecular flexibility index (Phi) is 11.3. The number of nitrogens with one attached hydrogen (secondary N) is 1. The Labute approximate surface area is 242 Å². The second-order valence-corrected chi connectivity index (χ2v) is 11.7. The minimum Gasteiger partial charge on any atom is -0.492 e. The van der Waals surface area contributed by atoms with Crippen LogP contribution in [0.15, 0.2) is 78.9 Å². The monoisotopic (exact) mass is 583 g/mol. The summed E-state index contributed by atoms with van der Waals surface area (Å²) in [4.78, 5) is 29.2. The quantitative estimate of drug-likeness (QED) is 0.301. The summed E-state index contributed by atoms with van der Waals surface area (Å²) >= 11 is 0. The van der Waals surface area contributed by atoms with Gasteiger partial charge in [-0.25, -0.2) is 12.8 Å². The lowest BCUT2D eigenvalue weighted by molar-refractivity contribution is -0.140. The van der Waals surface area contributed by atoms with Crippen LogP contribution in [0.3, 0.4) is 0 Å². The van der Waals surface area contributed by atoms with Crippen LogP contribution in [-0.2, 0) is 32.6 Å². The largest absolute Gasteiger partial charge is 0.492 e. The Balaban J connectivity index is 2.08. The molecule has 0 radical (unpaired) electrons. The summed E-state index contributed by atoms with van der Waals surface area (Å²) < 4.78 is 46.3. The molecule has 8 nitrogen and oxygen atoms in total. The minimum absolute atomic E-state index is 0.0325. The smallest absolute Gasteiger partial charge is 0.244 e. The number of anilines is 1. The SMILES string of the molecule is CCOc1ccccc1N(CC(=O)N(Cc1ccc(F)cc1)[C@H](Cc1ccccc1)C(=O)N[C@@H](C)CC)S(C)(=O)=O. The number of carbonyl (C=O) groups excluding carboxylic acids is 2. The standard InChI is InChI=1S/C31H38FN3O5S/c1-5-23(3)33-31(37)28(20-24-12-8-7-9-13-24)34(21-25-16-18-26(32)19-17-25)30(36)22-35(41(4,38)39)27-14-10-11-15-29(27)40-6-2/h7-19,23,28H,5-6,20-22H2,1-4H3,(H,33,37)/t23-,28+/m0/s1. The highest BCUT2D eigenvalue weighted by atomic mass is 32.2. The van der Waals surface area contributed by atoms with Gasteiger partial charge >= 0.3 is 0 Å². The van der Waals surface area contributed by atoms with Crippen LogP contribution in [0.25, 0.3) is 0 Å². The van der Waals surface area contributed by atoms with Gasteiger partial charge in [0, 0.05) is 19.0 Å².